The molecule has 0 fully saturated rings. The molecule has 0 atom stereocenters. The van der Waals surface area contributed by atoms with E-state index in [1.807, 2.05) is 77.5 Å². The average Bonchev–Trinajstić information content (AvgIpc) is 3.29. The van der Waals surface area contributed by atoms with Gasteiger partial charge in [-0.25, -0.2) is 9.78 Å². The van der Waals surface area contributed by atoms with Gasteiger partial charge in [-0.1, -0.05) is 71.9 Å². The van der Waals surface area contributed by atoms with Crippen LogP contribution in [-0.2, 0) is 16.2 Å². The van der Waals surface area contributed by atoms with Gasteiger partial charge in [0.05, 0.1) is 12.9 Å². The number of hydrogen-bond acceptors (Lipinski definition) is 4. The average molecular weight is 418 g/mol. The van der Waals surface area contributed by atoms with Crippen LogP contribution in [0, 0.1) is 0 Å². The lowest BCUT2D eigenvalue weighted by molar-refractivity contribution is -0.137. The molecule has 0 spiro atoms. The first-order valence-corrected chi connectivity index (χ1v) is 9.24. The number of imidazole rings is 1. The second kappa shape index (κ2) is 10.2. The van der Waals surface area contributed by atoms with E-state index < -0.39 is 5.97 Å². The summed E-state index contributed by atoms with van der Waals surface area (Å²) in [7, 11) is 0. The van der Waals surface area contributed by atoms with Crippen LogP contribution >= 0.6 is 12.4 Å². The van der Waals surface area contributed by atoms with Gasteiger partial charge in [0.2, 0.25) is 0 Å². The van der Waals surface area contributed by atoms with Crippen LogP contribution in [0.5, 0.6) is 0 Å². The number of oxime groups is 1. The Kier molecular flexibility index (Phi) is 7.14. The number of benzene rings is 3. The van der Waals surface area contributed by atoms with Gasteiger partial charge in [0.1, 0.15) is 5.71 Å². The van der Waals surface area contributed by atoms with Crippen molar-refractivity contribution >= 4 is 40.9 Å². The van der Waals surface area contributed by atoms with E-state index in [-0.39, 0.29) is 12.4 Å². The van der Waals surface area contributed by atoms with E-state index in [2.05, 4.69) is 16.2 Å². The Morgan fingerprint density at radius 1 is 1.00 bits per heavy atom. The van der Waals surface area contributed by atoms with Crippen molar-refractivity contribution < 1.29 is 9.63 Å². The normalized spacial score (nSPS) is 11.4. The Hall–Kier alpha value is -3.70. The van der Waals surface area contributed by atoms with Crippen LogP contribution in [-0.4, -0.2) is 21.2 Å². The van der Waals surface area contributed by atoms with Crippen molar-refractivity contribution in [3.63, 3.8) is 0 Å². The number of carbonyl (C=O) groups is 1. The van der Waals surface area contributed by atoms with Crippen molar-refractivity contribution in [1.29, 1.82) is 0 Å². The summed E-state index contributed by atoms with van der Waals surface area (Å²) in [6.07, 6.45) is 8.31. The number of aromatic nitrogens is 2. The molecule has 4 rings (SSSR count). The Labute approximate surface area is 180 Å². The highest BCUT2D eigenvalue weighted by atomic mass is 35.5. The van der Waals surface area contributed by atoms with E-state index in [0.29, 0.717) is 12.3 Å². The lowest BCUT2D eigenvalue weighted by Gasteiger charge is -2.08. The summed E-state index contributed by atoms with van der Waals surface area (Å²) in [6, 6.07) is 23.7. The van der Waals surface area contributed by atoms with Crippen molar-refractivity contribution in [3.8, 4) is 0 Å². The lowest BCUT2D eigenvalue weighted by Crippen LogP contribution is -2.12. The molecular weight excluding hydrogens is 398 g/mol. The molecule has 1 aromatic heterocycles. The first-order valence-electron chi connectivity index (χ1n) is 9.24. The minimum Gasteiger partial charge on any atom is -0.331 e. The number of halogens is 1. The summed E-state index contributed by atoms with van der Waals surface area (Å²) in [4.78, 5) is 21.4. The summed E-state index contributed by atoms with van der Waals surface area (Å²) in [5.41, 5.74) is 2.44. The molecule has 4 aromatic rings. The van der Waals surface area contributed by atoms with Crippen molar-refractivity contribution in [2.75, 3.05) is 0 Å². The molecule has 0 radical (unpaired) electrons. The molecule has 0 aliphatic heterocycles. The molecule has 0 amide bonds. The van der Waals surface area contributed by atoms with Crippen LogP contribution < -0.4 is 0 Å². The molecule has 0 bridgehead atoms. The maximum atomic E-state index is 12.1. The second-order valence-electron chi connectivity index (χ2n) is 6.49. The number of hydrogen-bond donors (Lipinski definition) is 0. The zero-order valence-electron chi connectivity index (χ0n) is 16.1. The predicted molar refractivity (Wildman–Crippen MR) is 122 cm³/mol. The third-order valence-corrected chi connectivity index (χ3v) is 4.43. The van der Waals surface area contributed by atoms with Crippen LogP contribution in [0.25, 0.3) is 16.8 Å². The Morgan fingerprint density at radius 2 is 1.77 bits per heavy atom. The largest absolute Gasteiger partial charge is 0.358 e. The maximum absolute atomic E-state index is 12.1. The van der Waals surface area contributed by atoms with Crippen LogP contribution in [0.15, 0.2) is 103 Å². The van der Waals surface area contributed by atoms with Gasteiger partial charge in [-0.15, -0.1) is 12.4 Å². The Balaban J connectivity index is 0.00000256. The minimum absolute atomic E-state index is 0. The Bertz CT molecular complexity index is 1170. The molecule has 0 aliphatic rings. The van der Waals surface area contributed by atoms with Crippen LogP contribution in [0.3, 0.4) is 0 Å². The van der Waals surface area contributed by atoms with E-state index in [1.54, 1.807) is 18.6 Å². The van der Waals surface area contributed by atoms with Crippen molar-refractivity contribution in [2.45, 2.75) is 6.54 Å². The highest BCUT2D eigenvalue weighted by Gasteiger charge is 2.08. The molecule has 0 saturated carbocycles. The van der Waals surface area contributed by atoms with Crippen molar-refractivity contribution in [3.05, 3.63) is 109 Å². The van der Waals surface area contributed by atoms with Gasteiger partial charge < -0.3 is 9.40 Å². The Morgan fingerprint density at radius 3 is 2.53 bits per heavy atom. The van der Waals surface area contributed by atoms with Crippen LogP contribution in [0.1, 0.15) is 11.1 Å². The summed E-state index contributed by atoms with van der Waals surface area (Å²) in [5, 5.41) is 6.39. The highest BCUT2D eigenvalue weighted by molar-refractivity contribution is 6.03. The number of nitrogens with zero attached hydrogens (tertiary/aromatic N) is 3. The summed E-state index contributed by atoms with van der Waals surface area (Å²) < 4.78 is 1.88. The summed E-state index contributed by atoms with van der Waals surface area (Å²) in [6.45, 7) is 0.439. The first kappa shape index (κ1) is 21.0. The fraction of sp³-hybridized carbons (Fsp3) is 0.0417. The van der Waals surface area contributed by atoms with Gasteiger partial charge in [-0.2, -0.15) is 0 Å². The second-order valence-corrected chi connectivity index (χ2v) is 6.49. The van der Waals surface area contributed by atoms with E-state index in [4.69, 9.17) is 4.84 Å². The zero-order chi connectivity index (χ0) is 19.9. The quantitative estimate of drug-likeness (QED) is 0.189. The molecule has 0 unspecified atom stereocenters. The smallest absolute Gasteiger partial charge is 0.331 e. The van der Waals surface area contributed by atoms with E-state index in [9.17, 15) is 4.79 Å². The van der Waals surface area contributed by atoms with E-state index >= 15 is 0 Å². The third-order valence-electron chi connectivity index (χ3n) is 4.43. The molecule has 3 aromatic carbocycles. The maximum Gasteiger partial charge on any atom is 0.358 e. The fourth-order valence-corrected chi connectivity index (χ4v) is 2.95. The van der Waals surface area contributed by atoms with Crippen molar-refractivity contribution in [1.82, 2.24) is 9.55 Å². The van der Waals surface area contributed by atoms with Gasteiger partial charge in [-0.3, -0.25) is 0 Å². The number of fused-ring (bicyclic) bond motifs is 1. The lowest BCUT2D eigenvalue weighted by atomic mass is 10.0. The monoisotopic (exact) mass is 417 g/mol. The van der Waals surface area contributed by atoms with Gasteiger partial charge in [0.25, 0.3) is 0 Å². The third kappa shape index (κ3) is 5.43. The van der Waals surface area contributed by atoms with Gasteiger partial charge in [0, 0.05) is 24.0 Å². The zero-order valence-corrected chi connectivity index (χ0v) is 16.9. The molecular formula is C24H20ClN3O2. The molecule has 0 saturated heterocycles. The molecule has 6 heteroatoms. The predicted octanol–water partition coefficient (Wildman–Crippen LogP) is 5.12. The molecule has 150 valence electrons. The fourth-order valence-electron chi connectivity index (χ4n) is 2.95. The van der Waals surface area contributed by atoms with Gasteiger partial charge >= 0.3 is 5.97 Å². The van der Waals surface area contributed by atoms with Crippen LogP contribution in [0.2, 0.25) is 0 Å². The molecule has 1 heterocycles. The van der Waals surface area contributed by atoms with Crippen LogP contribution in [0.4, 0.5) is 0 Å². The highest BCUT2D eigenvalue weighted by Crippen LogP contribution is 2.17. The minimum atomic E-state index is -0.530. The molecule has 0 N–H and O–H groups in total. The first-order chi connectivity index (χ1) is 14.3. The number of rotatable bonds is 6. The number of carbonyl (C=O) groups excluding carboxylic acids is 1. The van der Waals surface area contributed by atoms with E-state index in [0.717, 1.165) is 21.9 Å². The molecule has 30 heavy (non-hydrogen) atoms. The molecule has 0 aliphatic carbocycles. The van der Waals surface area contributed by atoms with E-state index in [1.165, 1.54) is 6.08 Å². The topological polar surface area (TPSA) is 56.5 Å². The SMILES string of the molecule is Cl.O=C(/C=C/c1ccccc1)O/N=C(\Cn1ccnc1)c1ccc2ccccc2c1. The van der Waals surface area contributed by atoms with Gasteiger partial charge in [-0.05, 0) is 28.5 Å². The van der Waals surface area contributed by atoms with Gasteiger partial charge in [0.15, 0.2) is 0 Å². The summed E-state index contributed by atoms with van der Waals surface area (Å²) >= 11 is 0. The molecule has 5 nitrogen and oxygen atoms in total. The van der Waals surface area contributed by atoms with Crippen molar-refractivity contribution in [2.24, 2.45) is 5.16 Å². The summed E-state index contributed by atoms with van der Waals surface area (Å²) in [5.74, 6) is -0.530. The standard InChI is InChI=1S/C24H19N3O2.ClH/c28-24(13-10-19-6-2-1-3-7-19)29-26-23(17-27-15-14-25-18-27)22-12-11-20-8-4-5-9-21(20)16-22;/h1-16,18H,17H2;1H/b13-10+,26-23+;.